The number of hydrogen-bond acceptors (Lipinski definition) is 5. The molecule has 2 aromatic rings. The van der Waals surface area contributed by atoms with E-state index in [1.54, 1.807) is 24.1 Å². The molecule has 112 valence electrons. The maximum Gasteiger partial charge on any atom is 0.267 e. The molecule has 7 heteroatoms. The third-order valence-corrected chi connectivity index (χ3v) is 4.38. The summed E-state index contributed by atoms with van der Waals surface area (Å²) in [5.74, 6) is 0.143. The molecule has 1 aromatic heterocycles. The fourth-order valence-electron chi connectivity index (χ4n) is 1.77. The molecule has 0 spiro atoms. The first-order chi connectivity index (χ1) is 9.88. The van der Waals surface area contributed by atoms with Crippen LogP contribution in [0, 0.1) is 0 Å². The maximum absolute atomic E-state index is 12.4. The summed E-state index contributed by atoms with van der Waals surface area (Å²) in [6.07, 6.45) is 0. The molecule has 0 fully saturated rings. The van der Waals surface area contributed by atoms with Gasteiger partial charge >= 0.3 is 0 Å². The molecule has 0 saturated carbocycles. The van der Waals surface area contributed by atoms with Gasteiger partial charge < -0.3 is 15.5 Å². The predicted molar refractivity (Wildman–Crippen MR) is 88.1 cm³/mol. The van der Waals surface area contributed by atoms with E-state index in [1.165, 1.54) is 11.3 Å². The van der Waals surface area contributed by atoms with E-state index < -0.39 is 0 Å². The van der Waals surface area contributed by atoms with E-state index >= 15 is 0 Å². The Hall–Kier alpha value is -1.79. The van der Waals surface area contributed by atoms with Crippen LogP contribution in [0.2, 0.25) is 5.02 Å². The third kappa shape index (κ3) is 3.65. The second-order valence-corrected chi connectivity index (χ2v) is 6.31. The van der Waals surface area contributed by atoms with Gasteiger partial charge in [-0.05, 0) is 17.7 Å². The summed E-state index contributed by atoms with van der Waals surface area (Å²) in [7, 11) is 5.47. The number of amides is 1. The zero-order valence-corrected chi connectivity index (χ0v) is 13.7. The first-order valence-corrected chi connectivity index (χ1v) is 7.51. The van der Waals surface area contributed by atoms with Crippen molar-refractivity contribution in [1.82, 2.24) is 9.88 Å². The van der Waals surface area contributed by atoms with E-state index in [4.69, 9.17) is 17.3 Å². The lowest BCUT2D eigenvalue weighted by Crippen LogP contribution is -2.26. The Balaban J connectivity index is 2.13. The number of rotatable bonds is 4. The molecular weight excluding hydrogens is 308 g/mol. The lowest BCUT2D eigenvalue weighted by molar-refractivity contribution is 0.0790. The van der Waals surface area contributed by atoms with Crippen LogP contribution in [0.3, 0.4) is 0 Å². The van der Waals surface area contributed by atoms with Crippen LogP contribution in [-0.4, -0.2) is 36.9 Å². The molecule has 0 aliphatic heterocycles. The number of carbonyl (C=O) groups is 1. The Morgan fingerprint density at radius 3 is 2.43 bits per heavy atom. The van der Waals surface area contributed by atoms with Crippen LogP contribution in [0.1, 0.15) is 15.2 Å². The Kier molecular flexibility index (Phi) is 4.69. The summed E-state index contributed by atoms with van der Waals surface area (Å²) in [4.78, 5) is 20.5. The van der Waals surface area contributed by atoms with Crippen LogP contribution in [0.4, 0.5) is 10.9 Å². The number of carbonyl (C=O) groups excluding carboxylic acids is 1. The lowest BCUT2D eigenvalue weighted by Gasteiger charge is -2.16. The minimum absolute atomic E-state index is 0.131. The smallest absolute Gasteiger partial charge is 0.267 e. The second kappa shape index (κ2) is 6.32. The standard InChI is InChI=1S/C14H17ClN4OS/c1-18(2)14-17-12(16)11(21-14)13(20)19(3)8-9-4-6-10(15)7-5-9/h4-7H,8,16H2,1-3H3. The normalized spacial score (nSPS) is 10.5. The molecule has 2 rings (SSSR count). The van der Waals surface area contributed by atoms with E-state index in [9.17, 15) is 4.79 Å². The molecule has 0 atom stereocenters. The monoisotopic (exact) mass is 324 g/mol. The molecule has 0 aliphatic carbocycles. The van der Waals surface area contributed by atoms with E-state index in [2.05, 4.69) is 4.98 Å². The van der Waals surface area contributed by atoms with Gasteiger partial charge in [-0.1, -0.05) is 35.1 Å². The Morgan fingerprint density at radius 2 is 1.90 bits per heavy atom. The first-order valence-electron chi connectivity index (χ1n) is 6.32. The minimum atomic E-state index is -0.131. The highest BCUT2D eigenvalue weighted by Crippen LogP contribution is 2.28. The number of hydrogen-bond donors (Lipinski definition) is 1. The van der Waals surface area contributed by atoms with Crippen LogP contribution in [-0.2, 0) is 6.54 Å². The number of aromatic nitrogens is 1. The van der Waals surface area contributed by atoms with Crippen LogP contribution in [0.5, 0.6) is 0 Å². The number of benzene rings is 1. The predicted octanol–water partition coefficient (Wildman–Crippen LogP) is 2.72. The Morgan fingerprint density at radius 1 is 1.29 bits per heavy atom. The highest BCUT2D eigenvalue weighted by molar-refractivity contribution is 7.18. The number of halogens is 1. The summed E-state index contributed by atoms with van der Waals surface area (Å²) in [6, 6.07) is 7.40. The van der Waals surface area contributed by atoms with Crippen molar-refractivity contribution >= 4 is 39.8 Å². The number of anilines is 2. The highest BCUT2D eigenvalue weighted by Gasteiger charge is 2.20. The van der Waals surface area contributed by atoms with Crippen molar-refractivity contribution in [3.05, 3.63) is 39.7 Å². The molecule has 0 bridgehead atoms. The van der Waals surface area contributed by atoms with Gasteiger partial charge in [0, 0.05) is 32.7 Å². The van der Waals surface area contributed by atoms with Crippen molar-refractivity contribution < 1.29 is 4.79 Å². The van der Waals surface area contributed by atoms with Crippen molar-refractivity contribution in [3.8, 4) is 0 Å². The summed E-state index contributed by atoms with van der Waals surface area (Å²) < 4.78 is 0. The number of nitrogens with zero attached hydrogens (tertiary/aromatic N) is 3. The Bertz CT molecular complexity index is 639. The number of thiazole rings is 1. The fourth-order valence-corrected chi connectivity index (χ4v) is 2.80. The van der Waals surface area contributed by atoms with E-state index in [-0.39, 0.29) is 11.7 Å². The summed E-state index contributed by atoms with van der Waals surface area (Å²) >= 11 is 7.15. The van der Waals surface area contributed by atoms with Crippen molar-refractivity contribution in [2.75, 3.05) is 31.8 Å². The van der Waals surface area contributed by atoms with Gasteiger partial charge in [0.25, 0.3) is 5.91 Å². The molecule has 5 nitrogen and oxygen atoms in total. The van der Waals surface area contributed by atoms with E-state index in [1.807, 2.05) is 31.1 Å². The van der Waals surface area contributed by atoms with Gasteiger partial charge in [-0.3, -0.25) is 4.79 Å². The second-order valence-electron chi connectivity index (χ2n) is 4.89. The van der Waals surface area contributed by atoms with Gasteiger partial charge in [0.15, 0.2) is 5.13 Å². The SMILES string of the molecule is CN(Cc1ccc(Cl)cc1)C(=O)c1sc(N(C)C)nc1N. The molecule has 1 heterocycles. The van der Waals surface area contributed by atoms with Crippen molar-refractivity contribution in [2.45, 2.75) is 6.54 Å². The summed E-state index contributed by atoms with van der Waals surface area (Å²) in [5.41, 5.74) is 6.84. The topological polar surface area (TPSA) is 62.5 Å². The molecule has 0 unspecified atom stereocenters. The van der Waals surface area contributed by atoms with Gasteiger partial charge in [0.05, 0.1) is 0 Å². The van der Waals surface area contributed by atoms with Crippen LogP contribution in [0.15, 0.2) is 24.3 Å². The molecule has 0 aliphatic rings. The quantitative estimate of drug-likeness (QED) is 0.939. The van der Waals surface area contributed by atoms with Crippen molar-refractivity contribution in [1.29, 1.82) is 0 Å². The molecule has 1 amide bonds. The minimum Gasteiger partial charge on any atom is -0.382 e. The van der Waals surface area contributed by atoms with Crippen LogP contribution in [0.25, 0.3) is 0 Å². The number of nitrogens with two attached hydrogens (primary N) is 1. The zero-order valence-electron chi connectivity index (χ0n) is 12.1. The van der Waals surface area contributed by atoms with Crippen molar-refractivity contribution in [3.63, 3.8) is 0 Å². The molecule has 0 radical (unpaired) electrons. The highest BCUT2D eigenvalue weighted by atomic mass is 35.5. The average molecular weight is 325 g/mol. The average Bonchev–Trinajstić information content (AvgIpc) is 2.82. The molecule has 1 aromatic carbocycles. The van der Waals surface area contributed by atoms with Gasteiger partial charge in [0.2, 0.25) is 0 Å². The largest absolute Gasteiger partial charge is 0.382 e. The fraction of sp³-hybridized carbons (Fsp3) is 0.286. The maximum atomic E-state index is 12.4. The summed E-state index contributed by atoms with van der Waals surface area (Å²) in [6.45, 7) is 0.491. The van der Waals surface area contributed by atoms with Gasteiger partial charge in [-0.25, -0.2) is 4.98 Å². The van der Waals surface area contributed by atoms with E-state index in [0.29, 0.717) is 16.4 Å². The molecule has 2 N–H and O–H groups in total. The molecule has 0 saturated heterocycles. The van der Waals surface area contributed by atoms with Gasteiger partial charge in [-0.15, -0.1) is 0 Å². The van der Waals surface area contributed by atoms with Crippen LogP contribution >= 0.6 is 22.9 Å². The van der Waals surface area contributed by atoms with Crippen molar-refractivity contribution in [2.24, 2.45) is 0 Å². The third-order valence-electron chi connectivity index (χ3n) is 2.90. The lowest BCUT2D eigenvalue weighted by atomic mass is 10.2. The summed E-state index contributed by atoms with van der Waals surface area (Å²) in [5, 5.41) is 1.39. The Labute approximate surface area is 132 Å². The van der Waals surface area contributed by atoms with Gasteiger partial charge in [-0.2, -0.15) is 0 Å². The van der Waals surface area contributed by atoms with Crippen LogP contribution < -0.4 is 10.6 Å². The zero-order chi connectivity index (χ0) is 15.6. The van der Waals surface area contributed by atoms with Gasteiger partial charge in [0.1, 0.15) is 10.7 Å². The molecular formula is C14H17ClN4OS. The first kappa shape index (κ1) is 15.6. The van der Waals surface area contributed by atoms with E-state index in [0.717, 1.165) is 10.7 Å². The number of nitrogen functional groups attached to an aromatic ring is 1. The molecule has 21 heavy (non-hydrogen) atoms.